The van der Waals surface area contributed by atoms with Gasteiger partial charge in [-0.1, -0.05) is 18.2 Å². The van der Waals surface area contributed by atoms with E-state index in [1.54, 1.807) is 18.5 Å². The van der Waals surface area contributed by atoms with Crippen LogP contribution in [0.15, 0.2) is 47.6 Å². The fourth-order valence-electron chi connectivity index (χ4n) is 2.63. The number of imidazole rings is 1. The lowest BCUT2D eigenvalue weighted by atomic mass is 10.1. The Morgan fingerprint density at radius 1 is 1.17 bits per heavy atom. The molecule has 0 saturated carbocycles. The number of aromatic hydroxyl groups is 1. The molecule has 1 aliphatic rings. The van der Waals surface area contributed by atoms with E-state index in [1.165, 1.54) is 0 Å². The van der Waals surface area contributed by atoms with E-state index >= 15 is 0 Å². The van der Waals surface area contributed by atoms with Crippen LogP contribution in [0.2, 0.25) is 0 Å². The van der Waals surface area contributed by atoms with Crippen LogP contribution in [0.4, 0.5) is 5.82 Å². The van der Waals surface area contributed by atoms with Gasteiger partial charge >= 0.3 is 0 Å². The van der Waals surface area contributed by atoms with Crippen LogP contribution in [-0.2, 0) is 6.61 Å². The number of pyridine rings is 1. The van der Waals surface area contributed by atoms with E-state index in [1.807, 2.05) is 36.4 Å². The zero-order chi connectivity index (χ0) is 16.5. The van der Waals surface area contributed by atoms with Gasteiger partial charge in [0.1, 0.15) is 11.5 Å². The molecule has 24 heavy (non-hydrogen) atoms. The van der Waals surface area contributed by atoms with E-state index in [-0.39, 0.29) is 12.5 Å². The van der Waals surface area contributed by atoms with Gasteiger partial charge < -0.3 is 15.2 Å². The molecule has 0 atom stereocenters. The first-order valence-electron chi connectivity index (χ1n) is 7.45. The minimum Gasteiger partial charge on any atom is -0.492 e. The molecule has 118 valence electrons. The highest BCUT2D eigenvalue weighted by molar-refractivity contribution is 6.20. The molecule has 4 rings (SSSR count). The number of aliphatic hydroxyl groups excluding tert-OH is 1. The zero-order valence-electron chi connectivity index (χ0n) is 12.6. The topological polar surface area (TPSA) is 94.4 Å². The molecule has 0 radical (unpaired) electrons. The number of benzene rings is 1. The largest absolute Gasteiger partial charge is 0.492 e. The lowest BCUT2D eigenvalue weighted by Crippen LogP contribution is -1.86. The zero-order valence-corrected chi connectivity index (χ0v) is 12.6. The molecule has 6 nitrogen and oxygen atoms in total. The van der Waals surface area contributed by atoms with E-state index in [9.17, 15) is 10.2 Å². The quantitative estimate of drug-likeness (QED) is 0.692. The molecule has 0 aliphatic carbocycles. The van der Waals surface area contributed by atoms with Gasteiger partial charge in [-0.3, -0.25) is 0 Å². The fraction of sp³-hybridized carbons (Fsp3) is 0.0556. The Labute approximate surface area is 137 Å². The van der Waals surface area contributed by atoms with Crippen molar-refractivity contribution in [2.45, 2.75) is 6.61 Å². The molecule has 3 N–H and O–H groups in total. The number of aromatic nitrogens is 3. The van der Waals surface area contributed by atoms with Crippen LogP contribution in [-0.4, -0.2) is 31.4 Å². The molecule has 0 bridgehead atoms. The Bertz CT molecular complexity index is 973. The molecular formula is C18H14N4O2. The smallest absolute Gasteiger partial charge is 0.237 e. The van der Waals surface area contributed by atoms with Crippen molar-refractivity contribution in [2.75, 3.05) is 0 Å². The lowest BCUT2D eigenvalue weighted by molar-refractivity contribution is 0.282. The monoisotopic (exact) mass is 318 g/mol. The first-order chi connectivity index (χ1) is 11.7. The minimum atomic E-state index is -0.0855. The minimum absolute atomic E-state index is 0.0440. The van der Waals surface area contributed by atoms with E-state index in [2.05, 4.69) is 19.9 Å². The highest BCUT2D eigenvalue weighted by atomic mass is 16.3. The van der Waals surface area contributed by atoms with Gasteiger partial charge in [-0.05, 0) is 29.8 Å². The molecule has 0 fully saturated rings. The van der Waals surface area contributed by atoms with Gasteiger partial charge in [0.2, 0.25) is 5.88 Å². The van der Waals surface area contributed by atoms with E-state index in [0.717, 1.165) is 22.3 Å². The Morgan fingerprint density at radius 2 is 2.08 bits per heavy atom. The summed E-state index contributed by atoms with van der Waals surface area (Å²) in [5.74, 6) is 1.12. The van der Waals surface area contributed by atoms with Crippen LogP contribution in [0.3, 0.4) is 0 Å². The number of aliphatic imine (C=N–C) groups is 1. The molecule has 0 amide bonds. The third-order valence-electron chi connectivity index (χ3n) is 3.82. The predicted octanol–water partition coefficient (Wildman–Crippen LogP) is 2.93. The Morgan fingerprint density at radius 3 is 2.96 bits per heavy atom. The molecular weight excluding hydrogens is 304 g/mol. The maximum atomic E-state index is 10.1. The first kappa shape index (κ1) is 14.3. The summed E-state index contributed by atoms with van der Waals surface area (Å²) in [5, 5.41) is 19.4. The van der Waals surface area contributed by atoms with Crippen molar-refractivity contribution in [3.05, 3.63) is 59.4 Å². The molecule has 2 aromatic heterocycles. The SMILES string of the molecule is OCc1cccc(-c2nc(O)c(C=C3C=Nc4ncccc43)[nH]2)c1. The van der Waals surface area contributed by atoms with Gasteiger partial charge in [0, 0.05) is 29.1 Å². The van der Waals surface area contributed by atoms with Gasteiger partial charge in [0.05, 0.1) is 6.61 Å². The number of hydrogen-bond donors (Lipinski definition) is 3. The van der Waals surface area contributed by atoms with Crippen molar-refractivity contribution < 1.29 is 10.2 Å². The lowest BCUT2D eigenvalue weighted by Gasteiger charge is -1.99. The summed E-state index contributed by atoms with van der Waals surface area (Å²) < 4.78 is 0. The number of H-pyrrole nitrogens is 1. The van der Waals surface area contributed by atoms with Crippen molar-refractivity contribution in [3.63, 3.8) is 0 Å². The van der Waals surface area contributed by atoms with E-state index in [4.69, 9.17) is 0 Å². The molecule has 1 aromatic carbocycles. The van der Waals surface area contributed by atoms with Crippen molar-refractivity contribution in [3.8, 4) is 17.3 Å². The van der Waals surface area contributed by atoms with Crippen molar-refractivity contribution in [2.24, 2.45) is 4.99 Å². The number of aromatic amines is 1. The molecule has 1 aliphatic heterocycles. The number of rotatable bonds is 3. The third-order valence-corrected chi connectivity index (χ3v) is 3.82. The fourth-order valence-corrected chi connectivity index (χ4v) is 2.63. The number of fused-ring (bicyclic) bond motifs is 1. The Balaban J connectivity index is 1.72. The summed E-state index contributed by atoms with van der Waals surface area (Å²) in [6.07, 6.45) is 5.20. The van der Waals surface area contributed by atoms with Gasteiger partial charge in [-0.15, -0.1) is 0 Å². The summed E-state index contributed by atoms with van der Waals surface area (Å²) >= 11 is 0. The van der Waals surface area contributed by atoms with Crippen molar-refractivity contribution >= 4 is 23.7 Å². The molecule has 0 unspecified atom stereocenters. The van der Waals surface area contributed by atoms with Crippen LogP contribution < -0.4 is 0 Å². The maximum Gasteiger partial charge on any atom is 0.237 e. The maximum absolute atomic E-state index is 10.1. The number of nitrogens with zero attached hydrogens (tertiary/aromatic N) is 3. The van der Waals surface area contributed by atoms with Crippen LogP contribution in [0, 0.1) is 0 Å². The highest BCUT2D eigenvalue weighted by Gasteiger charge is 2.15. The second kappa shape index (κ2) is 5.75. The normalized spacial score (nSPS) is 14.3. The Kier molecular flexibility index (Phi) is 3.44. The molecule has 6 heteroatoms. The van der Waals surface area contributed by atoms with Gasteiger partial charge in [0.15, 0.2) is 5.82 Å². The second-order valence-electron chi connectivity index (χ2n) is 5.41. The van der Waals surface area contributed by atoms with E-state index < -0.39 is 0 Å². The molecule has 3 aromatic rings. The molecule has 0 spiro atoms. The summed E-state index contributed by atoms with van der Waals surface area (Å²) in [6, 6.07) is 11.1. The molecule has 3 heterocycles. The van der Waals surface area contributed by atoms with Crippen LogP contribution >= 0.6 is 0 Å². The standard InChI is InChI=1S/C18H14N4O2/c23-10-11-3-1-4-12(7-11)16-21-15(18(24)22-16)8-13-9-20-17-14(13)5-2-6-19-17/h1-9,23-24H,10H2,(H,21,22). The number of nitrogens with one attached hydrogen (secondary N) is 1. The van der Waals surface area contributed by atoms with Gasteiger partial charge in [0.25, 0.3) is 0 Å². The average Bonchev–Trinajstić information content (AvgIpc) is 3.20. The van der Waals surface area contributed by atoms with Crippen molar-refractivity contribution in [1.82, 2.24) is 15.0 Å². The van der Waals surface area contributed by atoms with Gasteiger partial charge in [-0.2, -0.15) is 4.98 Å². The number of allylic oxidation sites excluding steroid dienone is 1. The van der Waals surface area contributed by atoms with E-state index in [0.29, 0.717) is 17.3 Å². The first-order valence-corrected chi connectivity index (χ1v) is 7.45. The summed E-state index contributed by atoms with van der Waals surface area (Å²) in [6.45, 7) is -0.0440. The Hall–Kier alpha value is -3.25. The predicted molar refractivity (Wildman–Crippen MR) is 91.9 cm³/mol. The molecule has 0 saturated heterocycles. The third kappa shape index (κ3) is 2.49. The summed E-state index contributed by atoms with van der Waals surface area (Å²) in [5.41, 5.74) is 3.84. The van der Waals surface area contributed by atoms with Crippen LogP contribution in [0.5, 0.6) is 5.88 Å². The van der Waals surface area contributed by atoms with Gasteiger partial charge in [-0.25, -0.2) is 9.98 Å². The highest BCUT2D eigenvalue weighted by Crippen LogP contribution is 2.32. The average molecular weight is 318 g/mol. The summed E-state index contributed by atoms with van der Waals surface area (Å²) in [4.78, 5) is 15.7. The number of hydrogen-bond acceptors (Lipinski definition) is 5. The van der Waals surface area contributed by atoms with Crippen LogP contribution in [0.25, 0.3) is 23.0 Å². The van der Waals surface area contributed by atoms with Crippen LogP contribution in [0.1, 0.15) is 16.8 Å². The second-order valence-corrected chi connectivity index (χ2v) is 5.41. The summed E-state index contributed by atoms with van der Waals surface area (Å²) in [7, 11) is 0. The van der Waals surface area contributed by atoms with Crippen molar-refractivity contribution in [1.29, 1.82) is 0 Å². The number of aliphatic hydroxyl groups is 1.